The first kappa shape index (κ1) is 33.3. The number of rotatable bonds is 8. The van der Waals surface area contributed by atoms with Crippen molar-refractivity contribution in [3.05, 3.63) is 101 Å². The summed E-state index contributed by atoms with van der Waals surface area (Å²) in [5, 5.41) is 3.00. The van der Waals surface area contributed by atoms with E-state index in [2.05, 4.69) is 15.1 Å². The van der Waals surface area contributed by atoms with Gasteiger partial charge in [0.15, 0.2) is 11.5 Å². The van der Waals surface area contributed by atoms with Crippen LogP contribution in [0.2, 0.25) is 0 Å². The van der Waals surface area contributed by atoms with Crippen LogP contribution in [0.3, 0.4) is 0 Å². The van der Waals surface area contributed by atoms with Gasteiger partial charge in [0.2, 0.25) is 11.6 Å². The number of ether oxygens (including phenoxy) is 3. The lowest BCUT2D eigenvalue weighted by atomic mass is 9.99. The molecule has 10 nitrogen and oxygen atoms in total. The number of hydrogen-bond donors (Lipinski definition) is 1. The maximum Gasteiger partial charge on any atom is 0.407 e. The van der Waals surface area contributed by atoms with E-state index in [1.165, 1.54) is 12.1 Å². The molecule has 252 valence electrons. The molecule has 1 N–H and O–H groups in total. The Morgan fingerprint density at radius 3 is 2.45 bits per heavy atom. The molecule has 1 amide bonds. The maximum absolute atomic E-state index is 15.2. The van der Waals surface area contributed by atoms with Crippen LogP contribution in [0, 0.1) is 19.3 Å². The highest BCUT2D eigenvalue weighted by Gasteiger charge is 2.28. The van der Waals surface area contributed by atoms with Crippen molar-refractivity contribution < 1.29 is 23.4 Å². The number of aromatic nitrogens is 3. The molecule has 0 aliphatic carbocycles. The van der Waals surface area contributed by atoms with Crippen LogP contribution in [0.1, 0.15) is 44.9 Å². The molecule has 0 unspecified atom stereocenters. The summed E-state index contributed by atoms with van der Waals surface area (Å²) in [7, 11) is 1.59. The number of aryl methyl sites for hydroxylation is 1. The van der Waals surface area contributed by atoms with Crippen LogP contribution in [0.25, 0.3) is 32.9 Å². The highest BCUT2D eigenvalue weighted by atomic mass is 19.1. The van der Waals surface area contributed by atoms with Gasteiger partial charge in [0.1, 0.15) is 23.7 Å². The molecule has 3 aromatic carbocycles. The van der Waals surface area contributed by atoms with Crippen LogP contribution in [0.15, 0.2) is 72.9 Å². The number of amides is 1. The van der Waals surface area contributed by atoms with E-state index in [1.54, 1.807) is 19.4 Å². The number of imidazole rings is 1. The van der Waals surface area contributed by atoms with Gasteiger partial charge >= 0.3 is 6.09 Å². The second-order valence-electron chi connectivity index (χ2n) is 13.0. The number of methoxy groups -OCH3 is 1. The lowest BCUT2D eigenvalue weighted by molar-refractivity contribution is 0.0497. The SMILES string of the molecule is [C-]#[N+]c1ccc(-c2nc(N3CCC(NC(=O)OC(C)(C)C)CC3)n3c(C)cnc3c2-c2ccc(OC)c(OCc3ccccc3)c2)cc1F. The largest absolute Gasteiger partial charge is 0.493 e. The van der Waals surface area contributed by atoms with Gasteiger partial charge in [-0.2, -0.15) is 0 Å². The summed E-state index contributed by atoms with van der Waals surface area (Å²) in [6.07, 6.45) is 2.73. The third-order valence-corrected chi connectivity index (χ3v) is 8.34. The molecular formula is C38H39FN6O4. The molecule has 1 fully saturated rings. The van der Waals surface area contributed by atoms with E-state index in [1.807, 2.05) is 80.6 Å². The molecule has 1 aliphatic heterocycles. The Bertz CT molecular complexity index is 2020. The smallest absolute Gasteiger partial charge is 0.407 e. The Kier molecular flexibility index (Phi) is 9.40. The Morgan fingerprint density at radius 1 is 1.04 bits per heavy atom. The minimum Gasteiger partial charge on any atom is -0.493 e. The molecular weight excluding hydrogens is 623 g/mol. The molecule has 0 atom stereocenters. The van der Waals surface area contributed by atoms with Gasteiger partial charge in [0, 0.05) is 36.6 Å². The average molecular weight is 663 g/mol. The molecule has 0 radical (unpaired) electrons. The van der Waals surface area contributed by atoms with Crippen LogP contribution in [-0.4, -0.2) is 52.3 Å². The van der Waals surface area contributed by atoms with E-state index in [0.717, 1.165) is 16.8 Å². The summed E-state index contributed by atoms with van der Waals surface area (Å²) < 4.78 is 34.6. The fourth-order valence-corrected chi connectivity index (χ4v) is 5.99. The second-order valence-corrected chi connectivity index (χ2v) is 13.0. The van der Waals surface area contributed by atoms with Gasteiger partial charge in [0.25, 0.3) is 0 Å². The van der Waals surface area contributed by atoms with Gasteiger partial charge in [-0.05, 0) is 69.9 Å². The van der Waals surface area contributed by atoms with E-state index >= 15 is 4.39 Å². The third kappa shape index (κ3) is 7.28. The summed E-state index contributed by atoms with van der Waals surface area (Å²) in [5.74, 6) is 1.13. The first-order chi connectivity index (χ1) is 23.5. The van der Waals surface area contributed by atoms with E-state index in [9.17, 15) is 4.79 Å². The second kappa shape index (κ2) is 13.8. The van der Waals surface area contributed by atoms with Gasteiger partial charge in [-0.3, -0.25) is 4.40 Å². The number of nitrogens with zero attached hydrogens (tertiary/aromatic N) is 5. The topological polar surface area (TPSA) is 94.6 Å². The van der Waals surface area contributed by atoms with Crippen LogP contribution in [0.5, 0.6) is 11.5 Å². The van der Waals surface area contributed by atoms with Crippen molar-refractivity contribution in [2.75, 3.05) is 25.1 Å². The molecule has 0 saturated carbocycles. The number of carbonyl (C=O) groups is 1. The molecule has 11 heteroatoms. The van der Waals surface area contributed by atoms with Gasteiger partial charge in [-0.25, -0.2) is 24.0 Å². The first-order valence-corrected chi connectivity index (χ1v) is 16.2. The lowest BCUT2D eigenvalue weighted by Gasteiger charge is -2.34. The molecule has 5 aromatic rings. The number of hydrogen-bond acceptors (Lipinski definition) is 7. The summed E-state index contributed by atoms with van der Waals surface area (Å²) in [6.45, 7) is 16.4. The van der Waals surface area contributed by atoms with Crippen LogP contribution >= 0.6 is 0 Å². The summed E-state index contributed by atoms with van der Waals surface area (Å²) in [5.41, 5.74) is 4.33. The zero-order chi connectivity index (χ0) is 34.7. The monoisotopic (exact) mass is 662 g/mol. The number of carbonyl (C=O) groups excluding carboxylic acids is 1. The molecule has 1 aliphatic rings. The zero-order valence-electron chi connectivity index (χ0n) is 28.3. The van der Waals surface area contributed by atoms with Crippen molar-refractivity contribution >= 4 is 23.4 Å². The number of nitrogens with one attached hydrogen (secondary N) is 1. The van der Waals surface area contributed by atoms with Crippen molar-refractivity contribution in [1.82, 2.24) is 19.7 Å². The molecule has 3 heterocycles. The molecule has 1 saturated heterocycles. The summed E-state index contributed by atoms with van der Waals surface area (Å²) >= 11 is 0. The fraction of sp³-hybridized carbons (Fsp3) is 0.316. The Morgan fingerprint density at radius 2 is 1.78 bits per heavy atom. The van der Waals surface area contributed by atoms with Crippen molar-refractivity contribution in [2.24, 2.45) is 0 Å². The van der Waals surface area contributed by atoms with E-state index < -0.39 is 17.5 Å². The average Bonchev–Trinajstić information content (AvgIpc) is 3.47. The van der Waals surface area contributed by atoms with E-state index in [0.29, 0.717) is 72.5 Å². The van der Waals surface area contributed by atoms with Gasteiger partial charge in [-0.1, -0.05) is 48.5 Å². The normalized spacial score (nSPS) is 13.6. The van der Waals surface area contributed by atoms with Gasteiger partial charge in [-0.15, -0.1) is 0 Å². The quantitative estimate of drug-likeness (QED) is 0.168. The van der Waals surface area contributed by atoms with Crippen molar-refractivity contribution in [1.29, 1.82) is 0 Å². The predicted molar refractivity (Wildman–Crippen MR) is 187 cm³/mol. The molecule has 49 heavy (non-hydrogen) atoms. The number of halogens is 1. The van der Waals surface area contributed by atoms with Crippen molar-refractivity contribution in [3.8, 4) is 33.9 Å². The predicted octanol–water partition coefficient (Wildman–Crippen LogP) is 8.14. The Labute approximate surface area is 285 Å². The highest BCUT2D eigenvalue weighted by Crippen LogP contribution is 2.41. The summed E-state index contributed by atoms with van der Waals surface area (Å²) in [6, 6.07) is 20.0. The molecule has 0 bridgehead atoms. The third-order valence-electron chi connectivity index (χ3n) is 8.34. The minimum absolute atomic E-state index is 0.0481. The first-order valence-electron chi connectivity index (χ1n) is 16.2. The van der Waals surface area contributed by atoms with Crippen LogP contribution in [0.4, 0.5) is 20.8 Å². The standard InChI is InChI=1S/C38H39FN6O4/c1-24-22-41-35-33(26-13-15-31(47-6)32(21-26)48-23-25-10-8-7-9-11-25)34(27-12-14-30(40-5)29(39)20-27)43-36(45(24)35)44-18-16-28(17-19-44)42-37(46)49-38(2,3)4/h7-15,20-22,28H,16-19,23H2,1-4,6H3,(H,42,46). The fourth-order valence-electron chi connectivity index (χ4n) is 5.99. The van der Waals surface area contributed by atoms with E-state index in [4.69, 9.17) is 30.8 Å². The number of benzene rings is 3. The highest BCUT2D eigenvalue weighted by molar-refractivity contribution is 5.92. The summed E-state index contributed by atoms with van der Waals surface area (Å²) in [4.78, 5) is 28.0. The molecule has 2 aromatic heterocycles. The maximum atomic E-state index is 15.2. The van der Waals surface area contributed by atoms with Crippen LogP contribution in [-0.2, 0) is 11.3 Å². The minimum atomic E-state index is -0.628. The van der Waals surface area contributed by atoms with Crippen LogP contribution < -0.4 is 19.7 Å². The Hall–Kier alpha value is -5.63. The van der Waals surface area contributed by atoms with Crippen molar-refractivity contribution in [2.45, 2.75) is 58.8 Å². The molecule has 0 spiro atoms. The number of alkyl carbamates (subject to hydrolysis) is 1. The molecule has 6 rings (SSSR count). The van der Waals surface area contributed by atoms with Crippen molar-refractivity contribution in [3.63, 3.8) is 0 Å². The van der Waals surface area contributed by atoms with Gasteiger partial charge < -0.3 is 24.4 Å². The Balaban J connectivity index is 1.43. The van der Waals surface area contributed by atoms with E-state index in [-0.39, 0.29) is 11.7 Å². The zero-order valence-corrected chi connectivity index (χ0v) is 28.3. The number of anilines is 1. The number of piperidine rings is 1. The lowest BCUT2D eigenvalue weighted by Crippen LogP contribution is -2.46. The number of fused-ring (bicyclic) bond motifs is 1. The van der Waals surface area contributed by atoms with Gasteiger partial charge in [0.05, 0.1) is 24.9 Å².